The van der Waals surface area contributed by atoms with Crippen LogP contribution in [-0.2, 0) is 4.79 Å². The first kappa shape index (κ1) is 13.8. The second kappa shape index (κ2) is 4.78. The van der Waals surface area contributed by atoms with E-state index in [0.29, 0.717) is 18.3 Å². The molecule has 0 amide bonds. The van der Waals surface area contributed by atoms with Gasteiger partial charge in [0.1, 0.15) is 5.78 Å². The van der Waals surface area contributed by atoms with Gasteiger partial charge in [0.05, 0.1) is 18.6 Å². The van der Waals surface area contributed by atoms with Crippen LogP contribution in [0, 0.1) is 23.2 Å². The number of fused-ring (bicyclic) bond motifs is 1. The van der Waals surface area contributed by atoms with Crippen LogP contribution < -0.4 is 0 Å². The van der Waals surface area contributed by atoms with E-state index in [2.05, 4.69) is 26.8 Å². The molecule has 0 radical (unpaired) electrons. The van der Waals surface area contributed by atoms with Crippen LogP contribution in [0.4, 0.5) is 0 Å². The molecule has 0 aromatic rings. The summed E-state index contributed by atoms with van der Waals surface area (Å²) in [4.78, 5) is 12.3. The van der Waals surface area contributed by atoms with Crippen LogP contribution in [0.5, 0.6) is 0 Å². The van der Waals surface area contributed by atoms with Crippen LogP contribution in [0.1, 0.15) is 40.0 Å². The molecule has 3 heteroatoms. The number of allylic oxidation sites excluding steroid dienone is 2. The molecule has 2 rings (SSSR count). The molecule has 4 atom stereocenters. The molecule has 2 aliphatic rings. The number of rotatable bonds is 2. The third kappa shape index (κ3) is 2.14. The molecule has 1 fully saturated rings. The van der Waals surface area contributed by atoms with E-state index in [1.54, 1.807) is 0 Å². The molecule has 2 unspecified atom stereocenters. The fourth-order valence-corrected chi connectivity index (χ4v) is 4.11. The number of Topliss-reactive ketones (excluding diaryl/α,β-unsaturated/α-hetero) is 1. The first-order valence-electron chi connectivity index (χ1n) is 6.87. The van der Waals surface area contributed by atoms with Crippen LogP contribution in [0.2, 0.25) is 0 Å². The molecule has 2 N–H and O–H groups in total. The highest BCUT2D eigenvalue weighted by Crippen LogP contribution is 2.52. The Morgan fingerprint density at radius 3 is 2.78 bits per heavy atom. The fourth-order valence-electron chi connectivity index (χ4n) is 4.11. The van der Waals surface area contributed by atoms with Crippen molar-refractivity contribution in [2.45, 2.75) is 46.1 Å². The summed E-state index contributed by atoms with van der Waals surface area (Å²) in [6, 6.07) is 0. The first-order chi connectivity index (χ1) is 8.37. The van der Waals surface area contributed by atoms with E-state index in [1.807, 2.05) is 0 Å². The molecule has 0 aromatic carbocycles. The van der Waals surface area contributed by atoms with Crippen LogP contribution in [0.25, 0.3) is 0 Å². The van der Waals surface area contributed by atoms with Crippen molar-refractivity contribution in [3.63, 3.8) is 0 Å². The van der Waals surface area contributed by atoms with Gasteiger partial charge in [-0.1, -0.05) is 25.5 Å². The van der Waals surface area contributed by atoms with Gasteiger partial charge in [-0.05, 0) is 37.0 Å². The smallest absolute Gasteiger partial charge is 0.139 e. The van der Waals surface area contributed by atoms with Crippen molar-refractivity contribution in [1.29, 1.82) is 0 Å². The largest absolute Gasteiger partial charge is 0.394 e. The van der Waals surface area contributed by atoms with E-state index in [4.69, 9.17) is 5.11 Å². The summed E-state index contributed by atoms with van der Waals surface area (Å²) in [5, 5.41) is 19.1. The molecular formula is C15H24O3. The third-order valence-corrected chi connectivity index (χ3v) is 4.98. The zero-order valence-corrected chi connectivity index (χ0v) is 11.5. The number of ketones is 1. The summed E-state index contributed by atoms with van der Waals surface area (Å²) in [6.07, 6.45) is 4.02. The Kier molecular flexibility index (Phi) is 3.65. The van der Waals surface area contributed by atoms with Crippen LogP contribution in [0.15, 0.2) is 11.6 Å². The fraction of sp³-hybridized carbons (Fsp3) is 0.800. The van der Waals surface area contributed by atoms with Gasteiger partial charge in [-0.3, -0.25) is 4.79 Å². The van der Waals surface area contributed by atoms with Gasteiger partial charge in [0.2, 0.25) is 0 Å². The number of aliphatic hydroxyl groups is 2. The van der Waals surface area contributed by atoms with Crippen molar-refractivity contribution >= 4 is 5.78 Å². The van der Waals surface area contributed by atoms with Crippen LogP contribution in [-0.4, -0.2) is 28.7 Å². The predicted molar refractivity (Wildman–Crippen MR) is 70.0 cm³/mol. The van der Waals surface area contributed by atoms with E-state index in [0.717, 1.165) is 12.8 Å². The minimum absolute atomic E-state index is 0.105. The second-order valence-electron chi connectivity index (χ2n) is 6.54. The standard InChI is InChI=1S/C15H24O3/c1-9-4-5-11-10(6-9)7-12(17)14(13(18)8-16)15(11,2)3/h6,10-11,13-14,16,18H,4-5,7-8H2,1-3H3/t10-,11-,13?,14?/m1/s1. The molecule has 102 valence electrons. The van der Waals surface area contributed by atoms with Crippen LogP contribution >= 0.6 is 0 Å². The summed E-state index contributed by atoms with van der Waals surface area (Å²) in [5.41, 5.74) is 1.14. The zero-order chi connectivity index (χ0) is 13.5. The summed E-state index contributed by atoms with van der Waals surface area (Å²) in [6.45, 7) is 5.94. The van der Waals surface area contributed by atoms with Gasteiger partial charge in [-0.2, -0.15) is 0 Å². The normalized spacial score (nSPS) is 36.8. The Bertz CT molecular complexity index is 370. The zero-order valence-electron chi connectivity index (χ0n) is 11.5. The number of hydrogen-bond donors (Lipinski definition) is 2. The molecule has 0 bridgehead atoms. The Morgan fingerprint density at radius 2 is 2.17 bits per heavy atom. The molecule has 18 heavy (non-hydrogen) atoms. The molecule has 0 saturated heterocycles. The lowest BCUT2D eigenvalue weighted by atomic mass is 9.54. The van der Waals surface area contributed by atoms with E-state index in [-0.39, 0.29) is 17.8 Å². The molecule has 0 aromatic heterocycles. The van der Waals surface area contributed by atoms with E-state index >= 15 is 0 Å². The lowest BCUT2D eigenvalue weighted by Crippen LogP contribution is -2.52. The Labute approximate surface area is 109 Å². The lowest BCUT2D eigenvalue weighted by Gasteiger charge is -2.50. The maximum Gasteiger partial charge on any atom is 0.139 e. The van der Waals surface area contributed by atoms with Gasteiger partial charge in [-0.15, -0.1) is 0 Å². The highest BCUT2D eigenvalue weighted by molar-refractivity contribution is 5.84. The summed E-state index contributed by atoms with van der Waals surface area (Å²) < 4.78 is 0. The highest BCUT2D eigenvalue weighted by Gasteiger charge is 2.51. The average molecular weight is 252 g/mol. The SMILES string of the molecule is CC1=C[C@@H]2CC(=O)C(C(O)CO)C(C)(C)[C@@H]2CC1. The first-order valence-corrected chi connectivity index (χ1v) is 6.87. The number of hydrogen-bond acceptors (Lipinski definition) is 3. The maximum absolute atomic E-state index is 12.3. The molecule has 2 aliphatic carbocycles. The summed E-state index contributed by atoms with van der Waals surface area (Å²) >= 11 is 0. The molecular weight excluding hydrogens is 228 g/mol. The number of carbonyl (C=O) groups is 1. The number of aliphatic hydroxyl groups excluding tert-OH is 2. The third-order valence-electron chi connectivity index (χ3n) is 4.98. The monoisotopic (exact) mass is 252 g/mol. The van der Waals surface area contributed by atoms with Gasteiger partial charge < -0.3 is 10.2 Å². The van der Waals surface area contributed by atoms with Crippen LogP contribution in [0.3, 0.4) is 0 Å². The van der Waals surface area contributed by atoms with Crippen molar-refractivity contribution in [2.75, 3.05) is 6.61 Å². The maximum atomic E-state index is 12.3. The molecule has 0 aliphatic heterocycles. The van der Waals surface area contributed by atoms with Crippen molar-refractivity contribution in [3.8, 4) is 0 Å². The van der Waals surface area contributed by atoms with Gasteiger partial charge in [0.15, 0.2) is 0 Å². The second-order valence-corrected chi connectivity index (χ2v) is 6.54. The van der Waals surface area contributed by atoms with E-state index in [9.17, 15) is 9.90 Å². The Morgan fingerprint density at radius 1 is 1.50 bits per heavy atom. The Hall–Kier alpha value is -0.670. The Balaban J connectivity index is 2.32. The van der Waals surface area contributed by atoms with Gasteiger partial charge in [0, 0.05) is 6.42 Å². The van der Waals surface area contributed by atoms with Crippen molar-refractivity contribution in [2.24, 2.45) is 23.2 Å². The van der Waals surface area contributed by atoms with E-state index in [1.165, 1.54) is 5.57 Å². The predicted octanol–water partition coefficient (Wildman–Crippen LogP) is 1.93. The van der Waals surface area contributed by atoms with E-state index < -0.39 is 12.0 Å². The van der Waals surface area contributed by atoms with Crippen molar-refractivity contribution in [3.05, 3.63) is 11.6 Å². The average Bonchev–Trinajstić information content (AvgIpc) is 2.27. The lowest BCUT2D eigenvalue weighted by molar-refractivity contribution is -0.145. The molecule has 3 nitrogen and oxygen atoms in total. The summed E-state index contributed by atoms with van der Waals surface area (Å²) in [7, 11) is 0. The minimum Gasteiger partial charge on any atom is -0.394 e. The van der Waals surface area contributed by atoms with Crippen molar-refractivity contribution in [1.82, 2.24) is 0 Å². The molecule has 1 saturated carbocycles. The molecule has 0 spiro atoms. The quantitative estimate of drug-likeness (QED) is 0.738. The molecule has 0 heterocycles. The number of carbonyl (C=O) groups excluding carboxylic acids is 1. The van der Waals surface area contributed by atoms with Gasteiger partial charge in [0.25, 0.3) is 0 Å². The van der Waals surface area contributed by atoms with Gasteiger partial charge in [-0.25, -0.2) is 0 Å². The summed E-state index contributed by atoms with van der Waals surface area (Å²) in [5.74, 6) is 0.442. The highest BCUT2D eigenvalue weighted by atomic mass is 16.3. The minimum atomic E-state index is -0.916. The van der Waals surface area contributed by atoms with Crippen molar-refractivity contribution < 1.29 is 15.0 Å². The van der Waals surface area contributed by atoms with Gasteiger partial charge >= 0.3 is 0 Å². The topological polar surface area (TPSA) is 57.5 Å².